The summed E-state index contributed by atoms with van der Waals surface area (Å²) in [6.07, 6.45) is 8.54. The van der Waals surface area contributed by atoms with Gasteiger partial charge in [0.15, 0.2) is 5.58 Å². The molecule has 2 aliphatic carbocycles. The van der Waals surface area contributed by atoms with E-state index in [-0.39, 0.29) is 11.9 Å². The van der Waals surface area contributed by atoms with Crippen molar-refractivity contribution >= 4 is 23.1 Å². The summed E-state index contributed by atoms with van der Waals surface area (Å²) < 4.78 is 5.59. The third-order valence-electron chi connectivity index (χ3n) is 5.49. The molecule has 2 bridgehead atoms. The fourth-order valence-electron chi connectivity index (χ4n) is 4.39. The van der Waals surface area contributed by atoms with E-state index in [1.54, 1.807) is 6.08 Å². The summed E-state index contributed by atoms with van der Waals surface area (Å²) in [6.45, 7) is 2.14. The van der Waals surface area contributed by atoms with Gasteiger partial charge in [0.25, 0.3) is 0 Å². The van der Waals surface area contributed by atoms with Crippen LogP contribution in [0.4, 0.5) is 0 Å². The molecular formula is C19H22N2O2. The molecule has 4 nitrogen and oxygen atoms in total. The van der Waals surface area contributed by atoms with E-state index in [1.807, 2.05) is 24.3 Å². The number of nitrogens with zero attached hydrogens (tertiary/aromatic N) is 1. The molecule has 1 amide bonds. The Morgan fingerprint density at radius 2 is 2.22 bits per heavy atom. The normalized spacial score (nSPS) is 27.8. The molecule has 2 saturated carbocycles. The van der Waals surface area contributed by atoms with E-state index >= 15 is 0 Å². The summed E-state index contributed by atoms with van der Waals surface area (Å²) in [7, 11) is 0. The SMILES string of the molecule is CC(NC(=O)C=Cc1nc2ccccc2o1)C1CC2CCC1C2. The maximum absolute atomic E-state index is 12.1. The van der Waals surface area contributed by atoms with Crippen LogP contribution >= 0.6 is 0 Å². The highest BCUT2D eigenvalue weighted by Gasteiger charge is 2.41. The topological polar surface area (TPSA) is 55.1 Å². The van der Waals surface area contributed by atoms with Crippen LogP contribution in [0.1, 0.15) is 38.5 Å². The number of hydrogen-bond acceptors (Lipinski definition) is 3. The molecule has 4 unspecified atom stereocenters. The number of para-hydroxylation sites is 2. The number of fused-ring (bicyclic) bond motifs is 3. The number of oxazole rings is 1. The fourth-order valence-corrected chi connectivity index (χ4v) is 4.39. The van der Waals surface area contributed by atoms with E-state index in [0.29, 0.717) is 11.8 Å². The van der Waals surface area contributed by atoms with Crippen LogP contribution in [0.3, 0.4) is 0 Å². The Morgan fingerprint density at radius 3 is 2.96 bits per heavy atom. The first-order valence-electron chi connectivity index (χ1n) is 8.53. The largest absolute Gasteiger partial charge is 0.437 e. The molecule has 0 spiro atoms. The zero-order valence-electron chi connectivity index (χ0n) is 13.4. The molecule has 0 aliphatic heterocycles. The highest BCUT2D eigenvalue weighted by molar-refractivity contribution is 5.91. The predicted octanol–water partition coefficient (Wildman–Crippen LogP) is 3.78. The molecule has 1 N–H and O–H groups in total. The van der Waals surface area contributed by atoms with Gasteiger partial charge >= 0.3 is 0 Å². The summed E-state index contributed by atoms with van der Waals surface area (Å²) in [5.74, 6) is 2.77. The zero-order valence-corrected chi connectivity index (χ0v) is 13.4. The maximum atomic E-state index is 12.1. The van der Waals surface area contributed by atoms with E-state index in [2.05, 4.69) is 17.2 Å². The number of rotatable bonds is 4. The number of hydrogen-bond donors (Lipinski definition) is 1. The minimum Gasteiger partial charge on any atom is -0.437 e. The molecule has 4 atom stereocenters. The molecule has 0 radical (unpaired) electrons. The van der Waals surface area contributed by atoms with Gasteiger partial charge in [0.1, 0.15) is 5.52 Å². The Balaban J connectivity index is 1.37. The maximum Gasteiger partial charge on any atom is 0.244 e. The second-order valence-electron chi connectivity index (χ2n) is 6.99. The summed E-state index contributed by atoms with van der Waals surface area (Å²) >= 11 is 0. The number of amides is 1. The number of nitrogens with one attached hydrogen (secondary N) is 1. The second kappa shape index (κ2) is 5.84. The highest BCUT2D eigenvalue weighted by atomic mass is 16.3. The lowest BCUT2D eigenvalue weighted by atomic mass is 9.84. The van der Waals surface area contributed by atoms with Gasteiger partial charge in [-0.25, -0.2) is 4.98 Å². The first kappa shape index (κ1) is 14.5. The first-order chi connectivity index (χ1) is 11.2. The third kappa shape index (κ3) is 2.90. The van der Waals surface area contributed by atoms with Crippen molar-refractivity contribution in [2.75, 3.05) is 0 Å². The molecule has 23 heavy (non-hydrogen) atoms. The average Bonchev–Trinajstić information content (AvgIpc) is 3.26. The van der Waals surface area contributed by atoms with E-state index in [4.69, 9.17) is 4.42 Å². The lowest BCUT2D eigenvalue weighted by molar-refractivity contribution is -0.117. The van der Waals surface area contributed by atoms with Crippen LogP contribution < -0.4 is 5.32 Å². The van der Waals surface area contributed by atoms with Gasteiger partial charge < -0.3 is 9.73 Å². The van der Waals surface area contributed by atoms with Gasteiger partial charge in [-0.3, -0.25) is 4.79 Å². The van der Waals surface area contributed by atoms with Gasteiger partial charge in [-0.05, 0) is 56.1 Å². The molecule has 1 heterocycles. The van der Waals surface area contributed by atoms with Crippen molar-refractivity contribution in [2.45, 2.75) is 38.6 Å². The number of aromatic nitrogens is 1. The van der Waals surface area contributed by atoms with Crippen LogP contribution in [0.2, 0.25) is 0 Å². The molecule has 0 saturated heterocycles. The van der Waals surface area contributed by atoms with Crippen LogP contribution in [0, 0.1) is 17.8 Å². The fraction of sp³-hybridized carbons (Fsp3) is 0.474. The Hall–Kier alpha value is -2.10. The minimum atomic E-state index is -0.0671. The average molecular weight is 310 g/mol. The van der Waals surface area contributed by atoms with Gasteiger partial charge in [-0.15, -0.1) is 0 Å². The van der Waals surface area contributed by atoms with Gasteiger partial charge in [0.2, 0.25) is 11.8 Å². The molecular weight excluding hydrogens is 288 g/mol. The molecule has 2 aromatic rings. The first-order valence-corrected chi connectivity index (χ1v) is 8.53. The number of carbonyl (C=O) groups is 1. The lowest BCUT2D eigenvalue weighted by Crippen LogP contribution is -2.39. The minimum absolute atomic E-state index is 0.0671. The van der Waals surface area contributed by atoms with E-state index < -0.39 is 0 Å². The van der Waals surface area contributed by atoms with Gasteiger partial charge in [0.05, 0.1) is 0 Å². The summed E-state index contributed by atoms with van der Waals surface area (Å²) in [5.41, 5.74) is 1.55. The summed E-state index contributed by atoms with van der Waals surface area (Å²) in [6, 6.07) is 7.84. The standard InChI is InChI=1S/C19H22N2O2/c1-12(15-11-13-6-7-14(15)10-13)20-18(22)8-9-19-21-16-4-2-3-5-17(16)23-19/h2-5,8-9,12-15H,6-7,10-11H2,1H3,(H,20,22). The number of benzene rings is 1. The molecule has 1 aromatic carbocycles. The second-order valence-corrected chi connectivity index (χ2v) is 6.99. The van der Waals surface area contributed by atoms with Crippen molar-refractivity contribution in [2.24, 2.45) is 17.8 Å². The van der Waals surface area contributed by atoms with Crippen LogP contribution in [0.15, 0.2) is 34.8 Å². The van der Waals surface area contributed by atoms with E-state index in [9.17, 15) is 4.79 Å². The Kier molecular flexibility index (Phi) is 3.68. The summed E-state index contributed by atoms with van der Waals surface area (Å²) in [5, 5.41) is 3.12. The highest BCUT2D eigenvalue weighted by Crippen LogP contribution is 2.49. The quantitative estimate of drug-likeness (QED) is 0.874. The van der Waals surface area contributed by atoms with Crippen LogP contribution in [-0.2, 0) is 4.79 Å². The molecule has 2 fully saturated rings. The van der Waals surface area contributed by atoms with Crippen LogP contribution in [0.5, 0.6) is 0 Å². The van der Waals surface area contributed by atoms with Crippen molar-refractivity contribution in [1.29, 1.82) is 0 Å². The predicted molar refractivity (Wildman–Crippen MR) is 89.6 cm³/mol. The lowest BCUT2D eigenvalue weighted by Gasteiger charge is -2.28. The molecule has 1 aromatic heterocycles. The molecule has 4 rings (SSSR count). The molecule has 2 aliphatic rings. The van der Waals surface area contributed by atoms with E-state index in [1.165, 1.54) is 31.8 Å². The third-order valence-corrected chi connectivity index (χ3v) is 5.49. The Labute approximate surface area is 136 Å². The molecule has 4 heteroatoms. The summed E-state index contributed by atoms with van der Waals surface area (Å²) in [4.78, 5) is 16.5. The van der Waals surface area contributed by atoms with Crippen LogP contribution in [0.25, 0.3) is 17.2 Å². The van der Waals surface area contributed by atoms with Gasteiger partial charge in [-0.2, -0.15) is 0 Å². The van der Waals surface area contributed by atoms with Crippen LogP contribution in [-0.4, -0.2) is 16.9 Å². The van der Waals surface area contributed by atoms with Gasteiger partial charge in [0, 0.05) is 18.2 Å². The number of carbonyl (C=O) groups excluding carboxylic acids is 1. The monoisotopic (exact) mass is 310 g/mol. The van der Waals surface area contributed by atoms with Crippen molar-refractivity contribution < 1.29 is 9.21 Å². The van der Waals surface area contributed by atoms with E-state index in [0.717, 1.165) is 22.9 Å². The zero-order chi connectivity index (χ0) is 15.8. The van der Waals surface area contributed by atoms with Crippen molar-refractivity contribution in [3.63, 3.8) is 0 Å². The van der Waals surface area contributed by atoms with Crippen molar-refractivity contribution in [1.82, 2.24) is 10.3 Å². The van der Waals surface area contributed by atoms with Crippen molar-refractivity contribution in [3.8, 4) is 0 Å². The molecule has 120 valence electrons. The smallest absolute Gasteiger partial charge is 0.244 e. The Bertz CT molecular complexity index is 716. The Morgan fingerprint density at radius 1 is 1.35 bits per heavy atom. The van der Waals surface area contributed by atoms with Crippen molar-refractivity contribution in [3.05, 3.63) is 36.2 Å². The van der Waals surface area contributed by atoms with Gasteiger partial charge in [-0.1, -0.05) is 18.6 Å².